The molecule has 0 aromatic heterocycles. The molecule has 0 saturated carbocycles. The first-order valence-corrected chi connectivity index (χ1v) is 4.98. The highest BCUT2D eigenvalue weighted by Gasteiger charge is 2.05. The summed E-state index contributed by atoms with van der Waals surface area (Å²) >= 11 is 0. The van der Waals surface area contributed by atoms with Crippen LogP contribution >= 0.6 is 0 Å². The topological polar surface area (TPSA) is 41.1 Å². The molecular formula is C10H18N2O. The summed E-state index contributed by atoms with van der Waals surface area (Å²) in [5.41, 5.74) is 1.42. The highest BCUT2D eigenvalue weighted by atomic mass is 16.1. The van der Waals surface area contributed by atoms with Crippen LogP contribution in [0.2, 0.25) is 0 Å². The molecule has 0 saturated heterocycles. The maximum Gasteiger partial charge on any atom is 0.220 e. The zero-order valence-electron chi connectivity index (χ0n) is 8.23. The van der Waals surface area contributed by atoms with Crippen molar-refractivity contribution in [3.8, 4) is 0 Å². The van der Waals surface area contributed by atoms with Gasteiger partial charge in [-0.2, -0.15) is 0 Å². The molecule has 1 heterocycles. The van der Waals surface area contributed by atoms with Gasteiger partial charge in [0.05, 0.1) is 0 Å². The summed E-state index contributed by atoms with van der Waals surface area (Å²) in [5, 5.41) is 6.05. The fourth-order valence-corrected chi connectivity index (χ4v) is 1.46. The monoisotopic (exact) mass is 182 g/mol. The van der Waals surface area contributed by atoms with Crippen LogP contribution < -0.4 is 10.6 Å². The molecule has 1 rings (SSSR count). The third kappa shape index (κ3) is 4.08. The molecule has 0 spiro atoms. The number of hydrogen-bond acceptors (Lipinski definition) is 2. The van der Waals surface area contributed by atoms with Crippen molar-refractivity contribution in [3.05, 3.63) is 11.6 Å². The SMILES string of the molecule is CCNC(=O)CCC1=CCNCC1. The Morgan fingerprint density at radius 1 is 1.69 bits per heavy atom. The molecule has 3 nitrogen and oxygen atoms in total. The zero-order valence-corrected chi connectivity index (χ0v) is 8.23. The lowest BCUT2D eigenvalue weighted by Gasteiger charge is -2.13. The summed E-state index contributed by atoms with van der Waals surface area (Å²) in [6.07, 6.45) is 4.86. The molecule has 2 N–H and O–H groups in total. The molecule has 1 aliphatic heterocycles. The van der Waals surface area contributed by atoms with Crippen molar-refractivity contribution >= 4 is 5.91 Å². The maximum absolute atomic E-state index is 11.1. The van der Waals surface area contributed by atoms with E-state index in [-0.39, 0.29) is 5.91 Å². The number of carbonyl (C=O) groups excluding carboxylic acids is 1. The first kappa shape index (κ1) is 10.3. The van der Waals surface area contributed by atoms with Gasteiger partial charge in [-0.15, -0.1) is 0 Å². The molecule has 0 aromatic rings. The summed E-state index contributed by atoms with van der Waals surface area (Å²) in [4.78, 5) is 11.1. The maximum atomic E-state index is 11.1. The van der Waals surface area contributed by atoms with Crippen LogP contribution in [0.25, 0.3) is 0 Å². The summed E-state index contributed by atoms with van der Waals surface area (Å²) in [6.45, 7) is 4.70. The largest absolute Gasteiger partial charge is 0.356 e. The standard InChI is InChI=1S/C10H18N2O/c1-2-12-10(13)4-3-9-5-7-11-8-6-9/h5,11H,2-4,6-8H2,1H3,(H,12,13). The zero-order chi connectivity index (χ0) is 9.52. The number of carbonyl (C=O) groups is 1. The minimum absolute atomic E-state index is 0.168. The van der Waals surface area contributed by atoms with E-state index in [1.165, 1.54) is 5.57 Å². The Bertz CT molecular complexity index is 199. The average Bonchev–Trinajstić information content (AvgIpc) is 2.17. The first-order valence-electron chi connectivity index (χ1n) is 4.98. The van der Waals surface area contributed by atoms with Crippen molar-refractivity contribution in [2.75, 3.05) is 19.6 Å². The van der Waals surface area contributed by atoms with E-state index in [1.807, 2.05) is 6.92 Å². The second-order valence-corrected chi connectivity index (χ2v) is 3.27. The molecule has 0 aliphatic carbocycles. The molecule has 3 heteroatoms. The molecule has 0 atom stereocenters. The van der Waals surface area contributed by atoms with Gasteiger partial charge >= 0.3 is 0 Å². The molecule has 1 amide bonds. The average molecular weight is 182 g/mol. The van der Waals surface area contributed by atoms with Crippen LogP contribution in [0, 0.1) is 0 Å². The highest BCUT2D eigenvalue weighted by Crippen LogP contribution is 2.11. The summed E-state index contributed by atoms with van der Waals surface area (Å²) < 4.78 is 0. The van der Waals surface area contributed by atoms with Gasteiger partial charge < -0.3 is 10.6 Å². The minimum atomic E-state index is 0.168. The van der Waals surface area contributed by atoms with Gasteiger partial charge in [0.1, 0.15) is 0 Å². The Labute approximate surface area is 79.6 Å². The van der Waals surface area contributed by atoms with Crippen LogP contribution in [0.4, 0.5) is 0 Å². The van der Waals surface area contributed by atoms with Gasteiger partial charge in [-0.05, 0) is 26.3 Å². The van der Waals surface area contributed by atoms with Crippen LogP contribution in [0.1, 0.15) is 26.2 Å². The van der Waals surface area contributed by atoms with Crippen molar-refractivity contribution in [1.29, 1.82) is 0 Å². The van der Waals surface area contributed by atoms with Gasteiger partial charge in [0.2, 0.25) is 5.91 Å². The summed E-state index contributed by atoms with van der Waals surface area (Å²) in [5.74, 6) is 0.168. The van der Waals surface area contributed by atoms with E-state index >= 15 is 0 Å². The fourth-order valence-electron chi connectivity index (χ4n) is 1.46. The highest BCUT2D eigenvalue weighted by molar-refractivity contribution is 5.76. The van der Waals surface area contributed by atoms with Gasteiger partial charge in [0.15, 0.2) is 0 Å². The predicted molar refractivity (Wildman–Crippen MR) is 53.5 cm³/mol. The van der Waals surface area contributed by atoms with Crippen molar-refractivity contribution in [1.82, 2.24) is 10.6 Å². The summed E-state index contributed by atoms with van der Waals surface area (Å²) in [6, 6.07) is 0. The van der Waals surface area contributed by atoms with E-state index in [0.717, 1.165) is 32.5 Å². The van der Waals surface area contributed by atoms with Gasteiger partial charge in [0, 0.05) is 19.5 Å². The van der Waals surface area contributed by atoms with E-state index in [0.29, 0.717) is 6.42 Å². The molecule has 13 heavy (non-hydrogen) atoms. The molecule has 0 aromatic carbocycles. The molecule has 0 fully saturated rings. The van der Waals surface area contributed by atoms with Crippen molar-refractivity contribution in [3.63, 3.8) is 0 Å². The number of hydrogen-bond donors (Lipinski definition) is 2. The second-order valence-electron chi connectivity index (χ2n) is 3.27. The molecule has 0 bridgehead atoms. The Kier molecular flexibility index (Phi) is 4.54. The van der Waals surface area contributed by atoms with Crippen molar-refractivity contribution in [2.24, 2.45) is 0 Å². The van der Waals surface area contributed by atoms with Gasteiger partial charge in [-0.25, -0.2) is 0 Å². The Morgan fingerprint density at radius 2 is 2.54 bits per heavy atom. The lowest BCUT2D eigenvalue weighted by molar-refractivity contribution is -0.120. The number of amides is 1. The third-order valence-corrected chi connectivity index (χ3v) is 2.21. The lowest BCUT2D eigenvalue weighted by Crippen LogP contribution is -2.24. The van der Waals surface area contributed by atoms with Crippen LogP contribution in [0.3, 0.4) is 0 Å². The van der Waals surface area contributed by atoms with Crippen LogP contribution in [0.15, 0.2) is 11.6 Å². The molecule has 1 aliphatic rings. The van der Waals surface area contributed by atoms with Gasteiger partial charge in [-0.1, -0.05) is 11.6 Å². The van der Waals surface area contributed by atoms with E-state index in [2.05, 4.69) is 16.7 Å². The van der Waals surface area contributed by atoms with Crippen LogP contribution in [-0.4, -0.2) is 25.5 Å². The van der Waals surface area contributed by atoms with Crippen LogP contribution in [0.5, 0.6) is 0 Å². The second kappa shape index (κ2) is 5.75. The third-order valence-electron chi connectivity index (χ3n) is 2.21. The quantitative estimate of drug-likeness (QED) is 0.632. The molecule has 0 radical (unpaired) electrons. The smallest absolute Gasteiger partial charge is 0.220 e. The number of nitrogens with one attached hydrogen (secondary N) is 2. The predicted octanol–water partition coefficient (Wildman–Crippen LogP) is 0.822. The summed E-state index contributed by atoms with van der Waals surface area (Å²) in [7, 11) is 0. The van der Waals surface area contributed by atoms with Gasteiger partial charge in [0.25, 0.3) is 0 Å². The van der Waals surface area contributed by atoms with E-state index in [4.69, 9.17) is 0 Å². The Morgan fingerprint density at radius 3 is 3.15 bits per heavy atom. The first-order chi connectivity index (χ1) is 6.33. The molecular weight excluding hydrogens is 164 g/mol. The lowest BCUT2D eigenvalue weighted by atomic mass is 10.0. The van der Waals surface area contributed by atoms with E-state index in [9.17, 15) is 4.79 Å². The molecule has 74 valence electrons. The normalized spacial score (nSPS) is 16.5. The fraction of sp³-hybridized carbons (Fsp3) is 0.700. The van der Waals surface area contributed by atoms with Crippen molar-refractivity contribution in [2.45, 2.75) is 26.2 Å². The Balaban J connectivity index is 2.17. The van der Waals surface area contributed by atoms with Crippen molar-refractivity contribution < 1.29 is 4.79 Å². The Hall–Kier alpha value is -0.830. The van der Waals surface area contributed by atoms with E-state index in [1.54, 1.807) is 0 Å². The van der Waals surface area contributed by atoms with E-state index < -0.39 is 0 Å². The van der Waals surface area contributed by atoms with Gasteiger partial charge in [-0.3, -0.25) is 4.79 Å². The molecule has 0 unspecified atom stereocenters. The minimum Gasteiger partial charge on any atom is -0.356 e. The van der Waals surface area contributed by atoms with Crippen LogP contribution in [-0.2, 0) is 4.79 Å². The number of rotatable bonds is 4.